The van der Waals surface area contributed by atoms with Crippen molar-refractivity contribution in [2.45, 2.75) is 32.2 Å². The number of amides is 1. The van der Waals surface area contributed by atoms with Gasteiger partial charge in [-0.25, -0.2) is 0 Å². The zero-order chi connectivity index (χ0) is 13.2. The van der Waals surface area contributed by atoms with Gasteiger partial charge >= 0.3 is 0 Å². The van der Waals surface area contributed by atoms with E-state index in [1.54, 1.807) is 13.1 Å². The lowest BCUT2D eigenvalue weighted by molar-refractivity contribution is -0.116. The predicted octanol–water partition coefficient (Wildman–Crippen LogP) is 2.09. The maximum atomic E-state index is 11.6. The fraction of sp³-hybridized carbons (Fsp3) is 0.400. The van der Waals surface area contributed by atoms with E-state index in [1.165, 1.54) is 5.56 Å². The number of carbonyl (C=O) groups is 1. The Bertz CT molecular complexity index is 493. The van der Waals surface area contributed by atoms with Crippen molar-refractivity contribution in [2.75, 3.05) is 7.05 Å². The van der Waals surface area contributed by atoms with Gasteiger partial charge in [0.1, 0.15) is 0 Å². The number of hydrogen-bond donors (Lipinski definition) is 2. The van der Waals surface area contributed by atoms with Gasteiger partial charge in [0.05, 0.1) is 0 Å². The largest absolute Gasteiger partial charge is 0.379 e. The molecule has 1 aliphatic rings. The van der Waals surface area contributed by atoms with Gasteiger partial charge in [0.15, 0.2) is 0 Å². The molecule has 0 fully saturated rings. The highest BCUT2D eigenvalue weighted by Gasteiger charge is 2.30. The van der Waals surface area contributed by atoms with Gasteiger partial charge in [-0.15, -0.1) is 0 Å². The molecule has 18 heavy (non-hydrogen) atoms. The normalized spacial score (nSPS) is 24.3. The van der Waals surface area contributed by atoms with Crippen molar-refractivity contribution in [1.82, 2.24) is 10.6 Å². The topological polar surface area (TPSA) is 41.1 Å². The molecule has 3 nitrogen and oxygen atoms in total. The molecule has 0 spiro atoms. The summed E-state index contributed by atoms with van der Waals surface area (Å²) >= 11 is 0. The maximum Gasteiger partial charge on any atom is 0.245 e. The Morgan fingerprint density at radius 2 is 2.22 bits per heavy atom. The van der Waals surface area contributed by atoms with Gasteiger partial charge in [-0.3, -0.25) is 4.79 Å². The average molecular weight is 244 g/mol. The van der Waals surface area contributed by atoms with Crippen molar-refractivity contribution in [3.8, 4) is 0 Å². The molecule has 3 heteroatoms. The second-order valence-corrected chi connectivity index (χ2v) is 5.05. The Balaban J connectivity index is 2.46. The Hall–Kier alpha value is -1.77. The van der Waals surface area contributed by atoms with E-state index in [2.05, 4.69) is 42.7 Å². The van der Waals surface area contributed by atoms with Crippen LogP contribution in [0.25, 0.3) is 5.70 Å². The van der Waals surface area contributed by atoms with Crippen LogP contribution in [0.2, 0.25) is 0 Å². The molecule has 1 aliphatic heterocycles. The van der Waals surface area contributed by atoms with Crippen LogP contribution in [-0.2, 0) is 11.2 Å². The SMILES string of the molecule is CC[C@@]1(C)Cc2ccccc2/C(=C\C(=O)NC)N1. The fourth-order valence-corrected chi connectivity index (χ4v) is 2.32. The lowest BCUT2D eigenvalue weighted by atomic mass is 9.83. The van der Waals surface area contributed by atoms with E-state index in [-0.39, 0.29) is 11.4 Å². The molecule has 1 aromatic rings. The van der Waals surface area contributed by atoms with E-state index < -0.39 is 0 Å². The molecule has 1 amide bonds. The van der Waals surface area contributed by atoms with E-state index in [0.29, 0.717) is 0 Å². The van der Waals surface area contributed by atoms with E-state index >= 15 is 0 Å². The Morgan fingerprint density at radius 3 is 2.89 bits per heavy atom. The smallest absolute Gasteiger partial charge is 0.245 e. The van der Waals surface area contributed by atoms with Crippen LogP contribution in [0, 0.1) is 0 Å². The molecule has 1 atom stereocenters. The number of fused-ring (bicyclic) bond motifs is 1. The van der Waals surface area contributed by atoms with Crippen molar-refractivity contribution < 1.29 is 4.79 Å². The van der Waals surface area contributed by atoms with Crippen LogP contribution < -0.4 is 10.6 Å². The van der Waals surface area contributed by atoms with Crippen molar-refractivity contribution in [2.24, 2.45) is 0 Å². The van der Waals surface area contributed by atoms with Gasteiger partial charge in [0.25, 0.3) is 0 Å². The van der Waals surface area contributed by atoms with Gasteiger partial charge in [-0.2, -0.15) is 0 Å². The van der Waals surface area contributed by atoms with Crippen LogP contribution in [0.4, 0.5) is 0 Å². The van der Waals surface area contributed by atoms with Crippen LogP contribution >= 0.6 is 0 Å². The molecule has 0 bridgehead atoms. The van der Waals surface area contributed by atoms with Crippen LogP contribution in [0.3, 0.4) is 0 Å². The number of likely N-dealkylation sites (N-methyl/N-ethyl adjacent to an activating group) is 1. The lowest BCUT2D eigenvalue weighted by Gasteiger charge is -2.38. The van der Waals surface area contributed by atoms with Crippen LogP contribution in [0.1, 0.15) is 31.4 Å². The lowest BCUT2D eigenvalue weighted by Crippen LogP contribution is -2.46. The molecule has 1 heterocycles. The third-order valence-corrected chi connectivity index (χ3v) is 3.63. The predicted molar refractivity (Wildman–Crippen MR) is 74.0 cm³/mol. The number of hydrogen-bond acceptors (Lipinski definition) is 2. The van der Waals surface area contributed by atoms with Gasteiger partial charge < -0.3 is 10.6 Å². The van der Waals surface area contributed by atoms with Crippen molar-refractivity contribution in [1.29, 1.82) is 0 Å². The highest BCUT2D eigenvalue weighted by molar-refractivity contribution is 5.95. The molecule has 0 unspecified atom stereocenters. The summed E-state index contributed by atoms with van der Waals surface area (Å²) < 4.78 is 0. The highest BCUT2D eigenvalue weighted by atomic mass is 16.1. The average Bonchev–Trinajstić information content (AvgIpc) is 2.38. The molecule has 2 N–H and O–H groups in total. The van der Waals surface area contributed by atoms with Crippen molar-refractivity contribution in [3.63, 3.8) is 0 Å². The number of nitrogens with one attached hydrogen (secondary N) is 2. The first-order chi connectivity index (χ1) is 8.58. The third kappa shape index (κ3) is 2.40. The first-order valence-corrected chi connectivity index (χ1v) is 6.38. The molecule has 96 valence electrons. The Kier molecular flexibility index (Phi) is 3.41. The first-order valence-electron chi connectivity index (χ1n) is 6.38. The zero-order valence-corrected chi connectivity index (χ0v) is 11.2. The standard InChI is InChI=1S/C15H20N2O/c1-4-15(2)10-11-7-5-6-8-12(11)13(17-15)9-14(18)16-3/h5-9,17H,4,10H2,1-3H3,(H,16,18)/b13-9+/t15-/m0/s1. The summed E-state index contributed by atoms with van der Waals surface area (Å²) in [7, 11) is 1.65. The molecule has 0 aliphatic carbocycles. The zero-order valence-electron chi connectivity index (χ0n) is 11.2. The third-order valence-electron chi connectivity index (χ3n) is 3.63. The quantitative estimate of drug-likeness (QED) is 0.782. The Labute approximate surface area is 108 Å². The maximum absolute atomic E-state index is 11.6. The number of carbonyl (C=O) groups excluding carboxylic acids is 1. The summed E-state index contributed by atoms with van der Waals surface area (Å²) in [5.74, 6) is -0.0762. The summed E-state index contributed by atoms with van der Waals surface area (Å²) in [6, 6.07) is 8.26. The number of benzene rings is 1. The summed E-state index contributed by atoms with van der Waals surface area (Å²) in [4.78, 5) is 11.6. The molecule has 0 aromatic heterocycles. The molecule has 0 radical (unpaired) electrons. The fourth-order valence-electron chi connectivity index (χ4n) is 2.32. The summed E-state index contributed by atoms with van der Waals surface area (Å²) in [5.41, 5.74) is 3.37. The summed E-state index contributed by atoms with van der Waals surface area (Å²) in [6.45, 7) is 4.36. The van der Waals surface area contributed by atoms with Gasteiger partial charge in [-0.05, 0) is 25.3 Å². The molecule has 2 rings (SSSR count). The minimum Gasteiger partial charge on any atom is -0.379 e. The van der Waals surface area contributed by atoms with Crippen molar-refractivity contribution in [3.05, 3.63) is 41.5 Å². The van der Waals surface area contributed by atoms with E-state index in [1.807, 2.05) is 6.07 Å². The number of rotatable bonds is 2. The highest BCUT2D eigenvalue weighted by Crippen LogP contribution is 2.31. The summed E-state index contributed by atoms with van der Waals surface area (Å²) in [5, 5.41) is 6.13. The van der Waals surface area contributed by atoms with Gasteiger partial charge in [0, 0.05) is 29.9 Å². The second-order valence-electron chi connectivity index (χ2n) is 5.05. The van der Waals surface area contributed by atoms with Gasteiger partial charge in [-0.1, -0.05) is 31.2 Å². The van der Waals surface area contributed by atoms with E-state index in [4.69, 9.17) is 0 Å². The van der Waals surface area contributed by atoms with E-state index in [0.717, 1.165) is 24.1 Å². The monoisotopic (exact) mass is 244 g/mol. The molecule has 0 saturated carbocycles. The summed E-state index contributed by atoms with van der Waals surface area (Å²) in [6.07, 6.45) is 3.66. The second kappa shape index (κ2) is 4.84. The van der Waals surface area contributed by atoms with E-state index in [9.17, 15) is 4.79 Å². The molecular weight excluding hydrogens is 224 g/mol. The molecular formula is C15H20N2O. The minimum absolute atomic E-state index is 0.0220. The first kappa shape index (κ1) is 12.7. The van der Waals surface area contributed by atoms with Crippen molar-refractivity contribution >= 4 is 11.6 Å². The van der Waals surface area contributed by atoms with Crippen LogP contribution in [-0.4, -0.2) is 18.5 Å². The molecule has 1 aromatic carbocycles. The molecule has 0 saturated heterocycles. The van der Waals surface area contributed by atoms with Crippen LogP contribution in [0.15, 0.2) is 30.3 Å². The Morgan fingerprint density at radius 1 is 1.50 bits per heavy atom. The van der Waals surface area contributed by atoms with Gasteiger partial charge in [0.2, 0.25) is 5.91 Å². The van der Waals surface area contributed by atoms with Crippen LogP contribution in [0.5, 0.6) is 0 Å². The minimum atomic E-state index is -0.0762.